The van der Waals surface area contributed by atoms with Crippen molar-refractivity contribution >= 4 is 38.0 Å². The fraction of sp³-hybridized carbons (Fsp3) is 0.568. The third-order valence-corrected chi connectivity index (χ3v) is 16.2. The van der Waals surface area contributed by atoms with Crippen LogP contribution in [0.3, 0.4) is 0 Å². The summed E-state index contributed by atoms with van der Waals surface area (Å²) in [6.45, 7) is 16.7. The van der Waals surface area contributed by atoms with Gasteiger partial charge in [0.2, 0.25) is 0 Å². The highest BCUT2D eigenvalue weighted by atomic mass is 28.4. The number of imide groups is 1. The molecule has 6 rings (SSSR count). The van der Waals surface area contributed by atoms with Crippen molar-refractivity contribution < 1.29 is 71.0 Å². The summed E-state index contributed by atoms with van der Waals surface area (Å²) in [7, 11) is -2.76. The number of benzene rings is 2. The highest BCUT2D eigenvalue weighted by Crippen LogP contribution is 2.44. The highest BCUT2D eigenvalue weighted by Gasteiger charge is 2.61. The number of hydrogen-bond donors (Lipinski definition) is 0. The number of rotatable bonds is 13. The molecule has 0 N–H and O–H groups in total. The minimum atomic E-state index is -2.76. The van der Waals surface area contributed by atoms with E-state index in [9.17, 15) is 24.0 Å². The van der Waals surface area contributed by atoms with Crippen molar-refractivity contribution in [1.82, 2.24) is 4.90 Å². The van der Waals surface area contributed by atoms with E-state index in [2.05, 4.69) is 0 Å². The third kappa shape index (κ3) is 10.3. The second-order valence-corrected chi connectivity index (χ2v) is 21.9. The van der Waals surface area contributed by atoms with E-state index in [0.717, 1.165) is 24.3 Å². The number of esters is 3. The lowest BCUT2D eigenvalue weighted by Crippen LogP contribution is -2.71. The zero-order chi connectivity index (χ0) is 44.4. The first-order valence-corrected chi connectivity index (χ1v) is 23.3. The van der Waals surface area contributed by atoms with E-state index >= 15 is 0 Å². The fourth-order valence-electron chi connectivity index (χ4n) is 7.50. The predicted molar refractivity (Wildman–Crippen MR) is 217 cm³/mol. The number of carbonyl (C=O) groups is 5. The topological polar surface area (TPSA) is 181 Å². The normalized spacial score (nSPS) is 30.8. The van der Waals surface area contributed by atoms with Crippen LogP contribution < -0.4 is 0 Å². The Hall–Kier alpha value is -4.33. The van der Waals surface area contributed by atoms with Crippen LogP contribution in [-0.2, 0) is 77.6 Å². The molecule has 4 heterocycles. The molecule has 4 aliphatic rings. The Morgan fingerprint density at radius 1 is 0.738 bits per heavy atom. The summed E-state index contributed by atoms with van der Waals surface area (Å²) in [5.74, 6) is -3.48. The zero-order valence-electron chi connectivity index (χ0n) is 36.3. The number of carbonyl (C=O) groups excluding carboxylic acids is 5. The molecule has 11 atom stereocenters. The molecule has 2 aromatic rings. The molecule has 0 bridgehead atoms. The Balaban J connectivity index is 1.48. The van der Waals surface area contributed by atoms with Gasteiger partial charge in [0.25, 0.3) is 11.8 Å². The van der Waals surface area contributed by atoms with Crippen molar-refractivity contribution in [2.24, 2.45) is 0 Å². The van der Waals surface area contributed by atoms with Crippen molar-refractivity contribution in [2.75, 3.05) is 13.2 Å². The van der Waals surface area contributed by atoms with Crippen molar-refractivity contribution in [1.29, 1.82) is 0 Å². The molecule has 0 aromatic heterocycles. The number of nitrogens with zero attached hydrogens (tertiary/aromatic N) is 1. The molecule has 16 nitrogen and oxygen atoms in total. The van der Waals surface area contributed by atoms with Crippen molar-refractivity contribution in [3.8, 4) is 0 Å². The monoisotopic (exact) mass is 867 g/mol. The summed E-state index contributed by atoms with van der Waals surface area (Å²) in [5.41, 5.74) is 1.98. The molecule has 332 valence electrons. The van der Waals surface area contributed by atoms with Gasteiger partial charge in [0.05, 0.1) is 19.8 Å². The minimum Gasteiger partial charge on any atom is -0.456 e. The zero-order valence-corrected chi connectivity index (χ0v) is 37.3. The van der Waals surface area contributed by atoms with E-state index < -0.39 is 106 Å². The van der Waals surface area contributed by atoms with Crippen LogP contribution in [0, 0.1) is 0 Å². The van der Waals surface area contributed by atoms with Gasteiger partial charge in [-0.3, -0.25) is 28.9 Å². The van der Waals surface area contributed by atoms with Gasteiger partial charge in [0.15, 0.2) is 45.5 Å². The van der Waals surface area contributed by atoms with E-state index in [-0.39, 0.29) is 36.0 Å². The lowest BCUT2D eigenvalue weighted by atomic mass is 9.93. The van der Waals surface area contributed by atoms with Gasteiger partial charge < -0.3 is 47.1 Å². The van der Waals surface area contributed by atoms with Gasteiger partial charge in [-0.25, -0.2) is 0 Å². The number of amides is 2. The molecule has 17 heteroatoms. The van der Waals surface area contributed by atoms with E-state index in [1.807, 2.05) is 94.5 Å². The van der Waals surface area contributed by atoms with Crippen LogP contribution >= 0.6 is 0 Å². The molecule has 0 aliphatic carbocycles. The van der Waals surface area contributed by atoms with E-state index in [4.69, 9.17) is 47.1 Å². The summed E-state index contributed by atoms with van der Waals surface area (Å²) in [6, 6.07) is 17.2. The Bertz CT molecular complexity index is 1930. The second kappa shape index (κ2) is 19.0. The van der Waals surface area contributed by atoms with Gasteiger partial charge >= 0.3 is 17.9 Å². The van der Waals surface area contributed by atoms with Gasteiger partial charge in [-0.1, -0.05) is 81.4 Å². The molecular formula is C44H57NO15Si. The minimum absolute atomic E-state index is 0.00812. The summed E-state index contributed by atoms with van der Waals surface area (Å²) < 4.78 is 63.6. The molecule has 0 radical (unpaired) electrons. The van der Waals surface area contributed by atoms with Gasteiger partial charge in [-0.2, -0.15) is 0 Å². The Labute approximate surface area is 357 Å². The first-order valence-electron chi connectivity index (χ1n) is 20.4. The lowest BCUT2D eigenvalue weighted by molar-refractivity contribution is -0.378. The summed E-state index contributed by atoms with van der Waals surface area (Å²) >= 11 is 0. The first kappa shape index (κ1) is 46.2. The van der Waals surface area contributed by atoms with Crippen molar-refractivity contribution in [3.63, 3.8) is 0 Å². The van der Waals surface area contributed by atoms with E-state index in [0.29, 0.717) is 5.56 Å². The molecule has 0 unspecified atom stereocenters. The molecule has 0 saturated carbocycles. The first-order chi connectivity index (χ1) is 28.8. The molecule has 2 aromatic carbocycles. The van der Waals surface area contributed by atoms with Crippen LogP contribution in [0.5, 0.6) is 0 Å². The third-order valence-electron chi connectivity index (χ3n) is 11.7. The maximum absolute atomic E-state index is 14.2. The van der Waals surface area contributed by atoms with Gasteiger partial charge in [0.1, 0.15) is 30.5 Å². The number of ether oxygens (including phenoxy) is 9. The average molecular weight is 868 g/mol. The summed E-state index contributed by atoms with van der Waals surface area (Å²) in [6.07, 6.45) is -12.6. The van der Waals surface area contributed by atoms with Crippen LogP contribution in [0.2, 0.25) is 18.1 Å². The number of fused-ring (bicyclic) bond motifs is 1. The highest BCUT2D eigenvalue weighted by molar-refractivity contribution is 6.74. The summed E-state index contributed by atoms with van der Waals surface area (Å²) in [5, 5.41) is -0.349. The standard InChI is InChI=1S/C44H57NO15Si/c1-24-25(2)40(50)45(39(24)49)33-36(34-32(56-42(33)60-61(9,10)44(6,7)8)23-52-41(58-34)30-19-15-12-16-20-30)59-43-38(55-28(5)48)37(54-27(4)47)35(53-26(3)46)31(57-43)22-51-21-29-17-13-11-14-18-29/h11-20,31-38,41-43H,21-23H2,1-10H3/t31-,32-,33-,34-,35+,36-,37+,38-,41-,42+,43+/m1/s1. The molecule has 3 saturated heterocycles. The number of hydrogen-bond acceptors (Lipinski definition) is 15. The van der Waals surface area contributed by atoms with Crippen LogP contribution in [-0.4, -0.2) is 118 Å². The van der Waals surface area contributed by atoms with Crippen LogP contribution in [0.15, 0.2) is 71.8 Å². The Morgan fingerprint density at radius 2 is 1.30 bits per heavy atom. The maximum Gasteiger partial charge on any atom is 0.303 e. The quantitative estimate of drug-likeness (QED) is 0.113. The smallest absolute Gasteiger partial charge is 0.303 e. The average Bonchev–Trinajstić information content (AvgIpc) is 3.38. The molecule has 3 fully saturated rings. The van der Waals surface area contributed by atoms with Gasteiger partial charge in [-0.15, -0.1) is 0 Å². The van der Waals surface area contributed by atoms with Crippen LogP contribution in [0.25, 0.3) is 0 Å². The Kier molecular flexibility index (Phi) is 14.4. The molecule has 4 aliphatic heterocycles. The van der Waals surface area contributed by atoms with Gasteiger partial charge in [-0.05, 0) is 37.5 Å². The maximum atomic E-state index is 14.2. The molecule has 61 heavy (non-hydrogen) atoms. The SMILES string of the molecule is CC(=O)O[C@H]1[C@@H](OC(C)=O)[C@@H](COCc2ccccc2)O[C@@H](O[C@H]2[C@@H]3O[C@H](c4ccccc4)OC[C@H]3O[C@@H](O[Si](C)(C)C(C)(C)C)[C@@H]2N2C(=O)C(C)=C(C)C2=O)[C@@H]1OC(C)=O. The van der Waals surface area contributed by atoms with Gasteiger partial charge in [0, 0.05) is 37.5 Å². The molecular weight excluding hydrogens is 811 g/mol. The van der Waals surface area contributed by atoms with Crippen molar-refractivity contribution in [3.05, 3.63) is 82.9 Å². The predicted octanol–water partition coefficient (Wildman–Crippen LogP) is 5.04. The fourth-order valence-corrected chi connectivity index (χ4v) is 8.63. The largest absolute Gasteiger partial charge is 0.456 e. The Morgan fingerprint density at radius 3 is 1.87 bits per heavy atom. The lowest BCUT2D eigenvalue weighted by Gasteiger charge is -2.54. The van der Waals surface area contributed by atoms with E-state index in [1.54, 1.807) is 13.8 Å². The molecule has 2 amide bonds. The van der Waals surface area contributed by atoms with E-state index in [1.165, 1.54) is 6.92 Å². The summed E-state index contributed by atoms with van der Waals surface area (Å²) in [4.78, 5) is 67.9. The van der Waals surface area contributed by atoms with Crippen LogP contribution in [0.1, 0.15) is 72.8 Å². The second-order valence-electron chi connectivity index (χ2n) is 17.2. The van der Waals surface area contributed by atoms with Crippen molar-refractivity contribution in [2.45, 2.75) is 148 Å². The molecule has 0 spiro atoms. The van der Waals surface area contributed by atoms with Crippen LogP contribution in [0.4, 0.5) is 0 Å².